The number of hydrogen-bond acceptors (Lipinski definition) is 2. The highest BCUT2D eigenvalue weighted by molar-refractivity contribution is 5.31. The summed E-state index contributed by atoms with van der Waals surface area (Å²) in [6.07, 6.45) is 3.63. The van der Waals surface area contributed by atoms with Gasteiger partial charge < -0.3 is 0 Å². The molecule has 0 bridgehead atoms. The quantitative estimate of drug-likeness (QED) is 0.512. The fourth-order valence-electron chi connectivity index (χ4n) is 0.622. The third-order valence-corrected chi connectivity index (χ3v) is 1.06. The molecule has 11 heavy (non-hydrogen) atoms. The second-order valence-corrected chi connectivity index (χ2v) is 1.88. The zero-order chi connectivity index (χ0) is 7.94. The van der Waals surface area contributed by atoms with Gasteiger partial charge in [0.05, 0.1) is 12.5 Å². The standard InChI is InChI=1S/C9H6N2/c10-6-2-1-4-9-5-3-7-11-8-9/h3,5,7-8H,2H2. The Labute approximate surface area is 65.5 Å². The Morgan fingerprint density at radius 1 is 1.55 bits per heavy atom. The van der Waals surface area contributed by atoms with Gasteiger partial charge in [0.15, 0.2) is 0 Å². The summed E-state index contributed by atoms with van der Waals surface area (Å²) < 4.78 is 0. The first-order valence-corrected chi connectivity index (χ1v) is 3.19. The van der Waals surface area contributed by atoms with Crippen molar-refractivity contribution in [3.05, 3.63) is 30.1 Å². The fourth-order valence-corrected chi connectivity index (χ4v) is 0.622. The first-order chi connectivity index (χ1) is 5.43. The van der Waals surface area contributed by atoms with Crippen LogP contribution in [0.3, 0.4) is 0 Å². The zero-order valence-corrected chi connectivity index (χ0v) is 5.91. The maximum Gasteiger partial charge on any atom is 0.0966 e. The summed E-state index contributed by atoms with van der Waals surface area (Å²) >= 11 is 0. The van der Waals surface area contributed by atoms with Crippen molar-refractivity contribution in [3.8, 4) is 17.9 Å². The molecule has 1 aromatic heterocycles. The highest BCUT2D eigenvalue weighted by Gasteiger charge is 1.80. The van der Waals surface area contributed by atoms with Crippen LogP contribution in [-0.2, 0) is 0 Å². The van der Waals surface area contributed by atoms with Crippen molar-refractivity contribution in [1.82, 2.24) is 4.98 Å². The normalized spacial score (nSPS) is 7.55. The number of hydrogen-bond donors (Lipinski definition) is 0. The lowest BCUT2D eigenvalue weighted by Crippen LogP contribution is -1.74. The van der Waals surface area contributed by atoms with Crippen LogP contribution in [-0.4, -0.2) is 4.98 Å². The van der Waals surface area contributed by atoms with Crippen LogP contribution in [0, 0.1) is 23.2 Å². The van der Waals surface area contributed by atoms with E-state index in [2.05, 4.69) is 16.8 Å². The van der Waals surface area contributed by atoms with Crippen molar-refractivity contribution in [2.45, 2.75) is 6.42 Å². The van der Waals surface area contributed by atoms with E-state index in [-0.39, 0.29) is 6.42 Å². The molecule has 0 N–H and O–H groups in total. The summed E-state index contributed by atoms with van der Waals surface area (Å²) in [5.74, 6) is 5.51. The van der Waals surface area contributed by atoms with Crippen LogP contribution in [0.25, 0.3) is 0 Å². The van der Waals surface area contributed by atoms with Crippen LogP contribution in [0.2, 0.25) is 0 Å². The minimum absolute atomic E-state index is 0.273. The average molecular weight is 142 g/mol. The van der Waals surface area contributed by atoms with Gasteiger partial charge in [0, 0.05) is 18.0 Å². The lowest BCUT2D eigenvalue weighted by molar-refractivity contribution is 1.31. The SMILES string of the molecule is N#CCC#Cc1cccnc1. The van der Waals surface area contributed by atoms with Crippen LogP contribution in [0.5, 0.6) is 0 Å². The van der Waals surface area contributed by atoms with E-state index in [1.54, 1.807) is 12.4 Å². The molecule has 0 amide bonds. The molecule has 1 aromatic rings. The van der Waals surface area contributed by atoms with Crippen LogP contribution >= 0.6 is 0 Å². The summed E-state index contributed by atoms with van der Waals surface area (Å²) in [5, 5.41) is 8.18. The van der Waals surface area contributed by atoms with Gasteiger partial charge in [0.1, 0.15) is 0 Å². The van der Waals surface area contributed by atoms with E-state index in [9.17, 15) is 0 Å². The van der Waals surface area contributed by atoms with Gasteiger partial charge in [-0.1, -0.05) is 11.8 Å². The molecule has 52 valence electrons. The second kappa shape index (κ2) is 4.09. The van der Waals surface area contributed by atoms with E-state index in [4.69, 9.17) is 5.26 Å². The van der Waals surface area contributed by atoms with Crippen molar-refractivity contribution in [2.75, 3.05) is 0 Å². The van der Waals surface area contributed by atoms with Crippen LogP contribution in [0.4, 0.5) is 0 Å². The van der Waals surface area contributed by atoms with Crippen molar-refractivity contribution in [1.29, 1.82) is 5.26 Å². The van der Waals surface area contributed by atoms with Gasteiger partial charge in [-0.25, -0.2) is 0 Å². The smallest absolute Gasteiger partial charge is 0.0966 e. The molecule has 0 aliphatic heterocycles. The molecule has 0 radical (unpaired) electrons. The topological polar surface area (TPSA) is 36.7 Å². The largest absolute Gasteiger partial charge is 0.263 e. The maximum absolute atomic E-state index is 8.18. The summed E-state index contributed by atoms with van der Waals surface area (Å²) in [5.41, 5.74) is 0.850. The van der Waals surface area contributed by atoms with Crippen molar-refractivity contribution in [2.24, 2.45) is 0 Å². The molecule has 1 rings (SSSR count). The van der Waals surface area contributed by atoms with Crippen molar-refractivity contribution < 1.29 is 0 Å². The number of pyridine rings is 1. The molecule has 2 heteroatoms. The van der Waals surface area contributed by atoms with E-state index in [0.29, 0.717) is 0 Å². The molecular weight excluding hydrogens is 136 g/mol. The van der Waals surface area contributed by atoms with Crippen LogP contribution in [0.1, 0.15) is 12.0 Å². The Balaban J connectivity index is 2.68. The predicted octanol–water partition coefficient (Wildman–Crippen LogP) is 1.35. The average Bonchev–Trinajstić information content (AvgIpc) is 2.07. The molecule has 0 atom stereocenters. The van der Waals surface area contributed by atoms with Gasteiger partial charge in [-0.2, -0.15) is 5.26 Å². The molecule has 0 saturated carbocycles. The molecule has 0 aliphatic carbocycles. The summed E-state index contributed by atoms with van der Waals surface area (Å²) in [6, 6.07) is 5.62. The minimum Gasteiger partial charge on any atom is -0.263 e. The highest BCUT2D eigenvalue weighted by atomic mass is 14.6. The molecule has 0 unspecified atom stereocenters. The Morgan fingerprint density at radius 2 is 2.45 bits per heavy atom. The second-order valence-electron chi connectivity index (χ2n) is 1.88. The van der Waals surface area contributed by atoms with Gasteiger partial charge >= 0.3 is 0 Å². The Hall–Kier alpha value is -1.80. The molecule has 0 spiro atoms. The lowest BCUT2D eigenvalue weighted by atomic mass is 10.3. The van der Waals surface area contributed by atoms with E-state index < -0.39 is 0 Å². The summed E-state index contributed by atoms with van der Waals surface area (Å²) in [4.78, 5) is 3.88. The van der Waals surface area contributed by atoms with Crippen molar-refractivity contribution >= 4 is 0 Å². The molecule has 0 saturated heterocycles. The molecular formula is C9H6N2. The van der Waals surface area contributed by atoms with Crippen molar-refractivity contribution in [3.63, 3.8) is 0 Å². The Bertz CT molecular complexity index is 311. The molecule has 0 fully saturated rings. The number of nitrogens with zero attached hydrogens (tertiary/aromatic N) is 2. The number of aromatic nitrogens is 1. The Kier molecular flexibility index (Phi) is 2.71. The van der Waals surface area contributed by atoms with Gasteiger partial charge in [-0.05, 0) is 12.1 Å². The third kappa shape index (κ3) is 2.51. The fraction of sp³-hybridized carbons (Fsp3) is 0.111. The van der Waals surface area contributed by atoms with Crippen LogP contribution < -0.4 is 0 Å². The molecule has 0 aliphatic rings. The first kappa shape index (κ1) is 7.31. The lowest BCUT2D eigenvalue weighted by Gasteiger charge is -1.83. The Morgan fingerprint density at radius 3 is 3.09 bits per heavy atom. The predicted molar refractivity (Wildman–Crippen MR) is 41.3 cm³/mol. The third-order valence-electron chi connectivity index (χ3n) is 1.06. The molecule has 2 nitrogen and oxygen atoms in total. The van der Waals surface area contributed by atoms with Gasteiger partial charge in [-0.3, -0.25) is 4.98 Å². The molecule has 1 heterocycles. The number of rotatable bonds is 0. The zero-order valence-electron chi connectivity index (χ0n) is 5.91. The van der Waals surface area contributed by atoms with Gasteiger partial charge in [-0.15, -0.1) is 0 Å². The van der Waals surface area contributed by atoms with Gasteiger partial charge in [0.2, 0.25) is 0 Å². The van der Waals surface area contributed by atoms with Crippen LogP contribution in [0.15, 0.2) is 24.5 Å². The van der Waals surface area contributed by atoms with Gasteiger partial charge in [0.25, 0.3) is 0 Å². The maximum atomic E-state index is 8.18. The monoisotopic (exact) mass is 142 g/mol. The van der Waals surface area contributed by atoms with E-state index in [1.807, 2.05) is 18.2 Å². The summed E-state index contributed by atoms with van der Waals surface area (Å²) in [6.45, 7) is 0. The van der Waals surface area contributed by atoms with E-state index in [0.717, 1.165) is 5.56 Å². The number of nitriles is 1. The first-order valence-electron chi connectivity index (χ1n) is 3.19. The summed E-state index contributed by atoms with van der Waals surface area (Å²) in [7, 11) is 0. The van der Waals surface area contributed by atoms with E-state index in [1.165, 1.54) is 0 Å². The van der Waals surface area contributed by atoms with E-state index >= 15 is 0 Å². The highest BCUT2D eigenvalue weighted by Crippen LogP contribution is 1.91. The minimum atomic E-state index is 0.273. The molecule has 0 aromatic carbocycles.